The summed E-state index contributed by atoms with van der Waals surface area (Å²) < 4.78 is 27.7. The van der Waals surface area contributed by atoms with Crippen LogP contribution >= 0.6 is 0 Å². The number of hydrogen-bond acceptors (Lipinski definition) is 2. The molecule has 3 aromatic rings. The van der Waals surface area contributed by atoms with Crippen LogP contribution in [0.15, 0.2) is 60.7 Å². The summed E-state index contributed by atoms with van der Waals surface area (Å²) in [4.78, 5) is 17.4. The summed E-state index contributed by atoms with van der Waals surface area (Å²) in [5.41, 5.74) is 1.32. The van der Waals surface area contributed by atoms with Crippen molar-refractivity contribution in [2.75, 3.05) is 33.7 Å². The van der Waals surface area contributed by atoms with Crippen molar-refractivity contribution in [3.8, 4) is 0 Å². The van der Waals surface area contributed by atoms with Crippen molar-refractivity contribution in [2.24, 2.45) is 0 Å². The molecule has 4 rings (SSSR count). The van der Waals surface area contributed by atoms with Crippen molar-refractivity contribution >= 4 is 16.7 Å². The zero-order chi connectivity index (χ0) is 21.3. The molecule has 1 aliphatic heterocycles. The quantitative estimate of drug-likeness (QED) is 0.616. The number of rotatable bonds is 4. The van der Waals surface area contributed by atoms with Gasteiger partial charge in [0.25, 0.3) is 5.91 Å². The van der Waals surface area contributed by atoms with Gasteiger partial charge in [-0.1, -0.05) is 36.4 Å². The van der Waals surface area contributed by atoms with E-state index in [1.54, 1.807) is 36.2 Å². The minimum Gasteiger partial charge on any atom is -0.341 e. The van der Waals surface area contributed by atoms with Crippen molar-refractivity contribution in [3.63, 3.8) is 0 Å². The van der Waals surface area contributed by atoms with Crippen molar-refractivity contribution in [1.82, 2.24) is 9.80 Å². The maximum absolute atomic E-state index is 14.2. The van der Waals surface area contributed by atoms with E-state index in [2.05, 4.69) is 11.9 Å². The van der Waals surface area contributed by atoms with Gasteiger partial charge in [0.1, 0.15) is 11.6 Å². The number of benzene rings is 3. The molecule has 0 atom stereocenters. The molecule has 0 N–H and O–H groups in total. The lowest BCUT2D eigenvalue weighted by atomic mass is 9.72. The van der Waals surface area contributed by atoms with Gasteiger partial charge in [-0.2, -0.15) is 0 Å². The summed E-state index contributed by atoms with van der Waals surface area (Å²) >= 11 is 0. The SMILES string of the molecule is CN1CCC(CN(C)C(=O)c2ccc(F)c3ccccc23)(c2ccc(F)cc2)CC1. The summed E-state index contributed by atoms with van der Waals surface area (Å²) in [6, 6.07) is 16.6. The predicted molar refractivity (Wildman–Crippen MR) is 116 cm³/mol. The lowest BCUT2D eigenvalue weighted by molar-refractivity contribution is 0.0714. The largest absolute Gasteiger partial charge is 0.341 e. The standard InChI is InChI=1S/C25H26F2N2O/c1-28-15-13-25(14-16-28,18-7-9-19(26)10-8-18)17-29(2)24(30)22-11-12-23(27)21-6-4-3-5-20(21)22/h3-12H,13-17H2,1-2H3. The fraction of sp³-hybridized carbons (Fsp3) is 0.320. The average molecular weight is 408 g/mol. The predicted octanol–water partition coefficient (Wildman–Crippen LogP) is 4.85. The first-order valence-corrected chi connectivity index (χ1v) is 10.3. The number of hydrogen-bond donors (Lipinski definition) is 0. The van der Waals surface area contributed by atoms with Crippen LogP contribution in [0.2, 0.25) is 0 Å². The van der Waals surface area contributed by atoms with Crippen LogP contribution < -0.4 is 0 Å². The van der Waals surface area contributed by atoms with Gasteiger partial charge in [0, 0.05) is 30.0 Å². The molecule has 0 spiro atoms. The molecule has 1 aliphatic rings. The van der Waals surface area contributed by atoms with Gasteiger partial charge in [-0.05, 0) is 68.2 Å². The second-order valence-corrected chi connectivity index (χ2v) is 8.39. The Balaban J connectivity index is 1.66. The molecule has 30 heavy (non-hydrogen) atoms. The maximum atomic E-state index is 14.2. The molecule has 0 radical (unpaired) electrons. The molecule has 0 unspecified atom stereocenters. The topological polar surface area (TPSA) is 23.6 Å². The first-order valence-electron chi connectivity index (χ1n) is 10.3. The van der Waals surface area contributed by atoms with Gasteiger partial charge in [-0.25, -0.2) is 8.78 Å². The minimum atomic E-state index is -0.331. The van der Waals surface area contributed by atoms with E-state index in [0.717, 1.165) is 31.5 Å². The van der Waals surface area contributed by atoms with Crippen molar-refractivity contribution in [1.29, 1.82) is 0 Å². The van der Waals surface area contributed by atoms with E-state index in [0.29, 0.717) is 22.9 Å². The van der Waals surface area contributed by atoms with E-state index >= 15 is 0 Å². The molecule has 1 saturated heterocycles. The van der Waals surface area contributed by atoms with Gasteiger partial charge in [0.2, 0.25) is 0 Å². The lowest BCUT2D eigenvalue weighted by Gasteiger charge is -2.43. The Bertz CT molecular complexity index is 1060. The number of likely N-dealkylation sites (tertiary alicyclic amines) is 1. The van der Waals surface area contributed by atoms with Gasteiger partial charge in [-0.3, -0.25) is 4.79 Å². The average Bonchev–Trinajstić information content (AvgIpc) is 2.76. The fourth-order valence-electron chi connectivity index (χ4n) is 4.57. The molecule has 0 aromatic heterocycles. The molecule has 0 aliphatic carbocycles. The molecule has 1 amide bonds. The molecule has 0 bridgehead atoms. The lowest BCUT2D eigenvalue weighted by Crippen LogP contribution is -2.48. The minimum absolute atomic E-state index is 0.133. The van der Waals surface area contributed by atoms with Crippen LogP contribution in [0, 0.1) is 11.6 Å². The fourth-order valence-corrected chi connectivity index (χ4v) is 4.57. The monoisotopic (exact) mass is 408 g/mol. The van der Waals surface area contributed by atoms with Gasteiger partial charge < -0.3 is 9.80 Å². The zero-order valence-corrected chi connectivity index (χ0v) is 17.4. The third-order valence-corrected chi connectivity index (χ3v) is 6.39. The Morgan fingerprint density at radius 3 is 2.27 bits per heavy atom. The highest BCUT2D eigenvalue weighted by molar-refractivity contribution is 6.07. The van der Waals surface area contributed by atoms with Crippen molar-refractivity contribution in [3.05, 3.63) is 83.4 Å². The number of nitrogens with zero attached hydrogens (tertiary/aromatic N) is 2. The molecule has 5 heteroatoms. The van der Waals surface area contributed by atoms with Crippen molar-refractivity contribution < 1.29 is 13.6 Å². The van der Waals surface area contributed by atoms with Gasteiger partial charge in [0.05, 0.1) is 0 Å². The Hall–Kier alpha value is -2.79. The molecular weight excluding hydrogens is 382 g/mol. The molecule has 3 nitrogen and oxygen atoms in total. The van der Waals surface area contributed by atoms with Crippen molar-refractivity contribution in [2.45, 2.75) is 18.3 Å². The molecule has 0 saturated carbocycles. The Kier molecular flexibility index (Phi) is 5.56. The number of carbonyl (C=O) groups excluding carboxylic acids is 1. The van der Waals surface area contributed by atoms with E-state index in [9.17, 15) is 13.6 Å². The molecule has 156 valence electrons. The maximum Gasteiger partial charge on any atom is 0.254 e. The molecule has 1 fully saturated rings. The number of fused-ring (bicyclic) bond motifs is 1. The highest BCUT2D eigenvalue weighted by Gasteiger charge is 2.37. The van der Waals surface area contributed by atoms with E-state index in [4.69, 9.17) is 0 Å². The summed E-state index contributed by atoms with van der Waals surface area (Å²) in [7, 11) is 3.89. The Morgan fingerprint density at radius 1 is 0.967 bits per heavy atom. The smallest absolute Gasteiger partial charge is 0.254 e. The van der Waals surface area contributed by atoms with E-state index < -0.39 is 0 Å². The van der Waals surface area contributed by atoms with E-state index in [-0.39, 0.29) is 23.0 Å². The van der Waals surface area contributed by atoms with Crippen LogP contribution in [0.5, 0.6) is 0 Å². The second-order valence-electron chi connectivity index (χ2n) is 8.39. The number of piperidine rings is 1. The van der Waals surface area contributed by atoms with E-state index in [1.165, 1.54) is 18.2 Å². The normalized spacial score (nSPS) is 16.5. The number of amides is 1. The van der Waals surface area contributed by atoms with Crippen LogP contribution in [0.25, 0.3) is 10.8 Å². The number of halogens is 2. The number of likely N-dealkylation sites (N-methyl/N-ethyl adjacent to an activating group) is 1. The summed E-state index contributed by atoms with van der Waals surface area (Å²) in [6.07, 6.45) is 1.77. The summed E-state index contributed by atoms with van der Waals surface area (Å²) in [5.74, 6) is -0.724. The van der Waals surface area contributed by atoms with Crippen LogP contribution in [-0.4, -0.2) is 49.4 Å². The Labute approximate surface area is 175 Å². The first kappa shape index (κ1) is 20.5. The Morgan fingerprint density at radius 2 is 1.60 bits per heavy atom. The zero-order valence-electron chi connectivity index (χ0n) is 17.4. The molecule has 3 aromatic carbocycles. The van der Waals surface area contributed by atoms with Crippen LogP contribution in [-0.2, 0) is 5.41 Å². The molecule has 1 heterocycles. The van der Waals surface area contributed by atoms with Crippen LogP contribution in [0.4, 0.5) is 8.78 Å². The third kappa shape index (κ3) is 3.82. The van der Waals surface area contributed by atoms with Gasteiger partial charge in [0.15, 0.2) is 0 Å². The second kappa shape index (κ2) is 8.15. The first-order chi connectivity index (χ1) is 14.4. The highest BCUT2D eigenvalue weighted by atomic mass is 19.1. The number of carbonyl (C=O) groups is 1. The van der Waals surface area contributed by atoms with E-state index in [1.807, 2.05) is 18.2 Å². The molecular formula is C25H26F2N2O. The third-order valence-electron chi connectivity index (χ3n) is 6.39. The highest BCUT2D eigenvalue weighted by Crippen LogP contribution is 2.36. The summed E-state index contributed by atoms with van der Waals surface area (Å²) in [6.45, 7) is 2.36. The van der Waals surface area contributed by atoms with Crippen LogP contribution in [0.3, 0.4) is 0 Å². The van der Waals surface area contributed by atoms with Gasteiger partial charge >= 0.3 is 0 Å². The summed E-state index contributed by atoms with van der Waals surface area (Å²) in [5, 5.41) is 1.07. The van der Waals surface area contributed by atoms with Crippen LogP contribution in [0.1, 0.15) is 28.8 Å². The van der Waals surface area contributed by atoms with Gasteiger partial charge in [-0.15, -0.1) is 0 Å².